The van der Waals surface area contributed by atoms with Crippen molar-refractivity contribution in [2.45, 2.75) is 17.4 Å². The van der Waals surface area contributed by atoms with Crippen molar-refractivity contribution in [3.8, 4) is 0 Å². The highest BCUT2D eigenvalue weighted by Crippen LogP contribution is 2.22. The minimum absolute atomic E-state index is 0.0920. The molecule has 6 heteroatoms. The lowest BCUT2D eigenvalue weighted by molar-refractivity contribution is -0.137. The smallest absolute Gasteiger partial charge is 0.326 e. The minimum Gasteiger partial charge on any atom is -0.480 e. The molecule has 2 aromatic rings. The number of rotatable bonds is 6. The van der Waals surface area contributed by atoms with Crippen molar-refractivity contribution >= 4 is 21.5 Å². The van der Waals surface area contributed by atoms with Crippen LogP contribution >= 0.6 is 0 Å². The monoisotopic (exact) mass is 319 g/mol. The van der Waals surface area contributed by atoms with Crippen LogP contribution in [0.15, 0.2) is 59.5 Å². The Morgan fingerprint density at radius 3 is 2.27 bits per heavy atom. The van der Waals surface area contributed by atoms with Crippen molar-refractivity contribution in [1.82, 2.24) is 0 Å². The molecule has 2 aromatic carbocycles. The number of carboxylic acids is 1. The first-order chi connectivity index (χ1) is 10.4. The van der Waals surface area contributed by atoms with Gasteiger partial charge in [-0.25, -0.2) is 13.2 Å². The van der Waals surface area contributed by atoms with Gasteiger partial charge in [0.15, 0.2) is 9.84 Å². The van der Waals surface area contributed by atoms with Crippen LogP contribution < -0.4 is 5.32 Å². The molecule has 0 bridgehead atoms. The summed E-state index contributed by atoms with van der Waals surface area (Å²) < 4.78 is 23.6. The Labute approximate surface area is 129 Å². The zero-order valence-electron chi connectivity index (χ0n) is 12.1. The Bertz CT molecular complexity index is 757. The molecule has 0 heterocycles. The van der Waals surface area contributed by atoms with Crippen molar-refractivity contribution in [1.29, 1.82) is 0 Å². The molecule has 1 atom stereocenters. The van der Waals surface area contributed by atoms with Gasteiger partial charge in [-0.05, 0) is 17.7 Å². The Balaban J connectivity index is 2.28. The summed E-state index contributed by atoms with van der Waals surface area (Å²) in [6, 6.07) is 14.6. The zero-order valence-corrected chi connectivity index (χ0v) is 12.9. The van der Waals surface area contributed by atoms with Crippen LogP contribution in [0.3, 0.4) is 0 Å². The Hall–Kier alpha value is -2.34. The minimum atomic E-state index is -3.43. The number of para-hydroxylation sites is 1. The average Bonchev–Trinajstić information content (AvgIpc) is 2.47. The molecular formula is C16H17NO4S. The maximum atomic E-state index is 11.8. The van der Waals surface area contributed by atoms with Crippen LogP contribution in [0.2, 0.25) is 0 Å². The van der Waals surface area contributed by atoms with Crippen LogP contribution in [-0.4, -0.2) is 31.8 Å². The van der Waals surface area contributed by atoms with Gasteiger partial charge in [-0.3, -0.25) is 0 Å². The number of sulfone groups is 1. The van der Waals surface area contributed by atoms with Gasteiger partial charge < -0.3 is 10.4 Å². The first kappa shape index (κ1) is 16.0. The molecule has 0 aliphatic carbocycles. The van der Waals surface area contributed by atoms with E-state index in [0.29, 0.717) is 5.69 Å². The van der Waals surface area contributed by atoms with Gasteiger partial charge in [-0.1, -0.05) is 42.5 Å². The van der Waals surface area contributed by atoms with E-state index in [2.05, 4.69) is 5.32 Å². The third-order valence-electron chi connectivity index (χ3n) is 3.20. The van der Waals surface area contributed by atoms with Crippen LogP contribution in [0.5, 0.6) is 0 Å². The standard InChI is InChI=1S/C16H17NO4S/c1-22(20,21)15-10-6-5-9-13(15)17-14(16(18)19)11-12-7-3-2-4-8-12/h2-10,14,17H,11H2,1H3,(H,18,19). The molecule has 5 nitrogen and oxygen atoms in total. The van der Waals surface area contributed by atoms with Gasteiger partial charge in [-0.15, -0.1) is 0 Å². The Morgan fingerprint density at radius 2 is 1.68 bits per heavy atom. The van der Waals surface area contributed by atoms with Crippen molar-refractivity contribution in [3.05, 3.63) is 60.2 Å². The van der Waals surface area contributed by atoms with Crippen LogP contribution in [-0.2, 0) is 21.1 Å². The van der Waals surface area contributed by atoms with Gasteiger partial charge in [-0.2, -0.15) is 0 Å². The van der Waals surface area contributed by atoms with Crippen LogP contribution in [0.4, 0.5) is 5.69 Å². The van der Waals surface area contributed by atoms with E-state index in [9.17, 15) is 18.3 Å². The fourth-order valence-corrected chi connectivity index (χ4v) is 3.00. The normalized spacial score (nSPS) is 12.6. The fourth-order valence-electron chi connectivity index (χ4n) is 2.15. The summed E-state index contributed by atoms with van der Waals surface area (Å²) in [4.78, 5) is 11.5. The second-order valence-corrected chi connectivity index (χ2v) is 6.98. The largest absolute Gasteiger partial charge is 0.480 e. The lowest BCUT2D eigenvalue weighted by Crippen LogP contribution is -2.32. The maximum absolute atomic E-state index is 11.8. The predicted molar refractivity (Wildman–Crippen MR) is 84.7 cm³/mol. The lowest BCUT2D eigenvalue weighted by Gasteiger charge is -2.18. The number of hydrogen-bond acceptors (Lipinski definition) is 4. The van der Waals surface area contributed by atoms with E-state index < -0.39 is 21.8 Å². The number of hydrogen-bond donors (Lipinski definition) is 2. The molecule has 0 amide bonds. The highest BCUT2D eigenvalue weighted by Gasteiger charge is 2.21. The summed E-state index contributed by atoms with van der Waals surface area (Å²) in [7, 11) is -3.43. The van der Waals surface area contributed by atoms with Crippen molar-refractivity contribution < 1.29 is 18.3 Å². The lowest BCUT2D eigenvalue weighted by atomic mass is 10.1. The number of aliphatic carboxylic acids is 1. The van der Waals surface area contributed by atoms with E-state index in [1.54, 1.807) is 18.2 Å². The SMILES string of the molecule is CS(=O)(=O)c1ccccc1NC(Cc1ccccc1)C(=O)O. The third kappa shape index (κ3) is 4.08. The van der Waals surface area contributed by atoms with Gasteiger partial charge in [0, 0.05) is 12.7 Å². The Kier molecular flexibility index (Phi) is 4.82. The fraction of sp³-hybridized carbons (Fsp3) is 0.188. The molecular weight excluding hydrogens is 302 g/mol. The second kappa shape index (κ2) is 6.62. The molecule has 0 aromatic heterocycles. The van der Waals surface area contributed by atoms with E-state index in [0.717, 1.165) is 11.8 Å². The molecule has 1 unspecified atom stereocenters. The number of carboxylic acid groups (broad SMARTS) is 1. The van der Waals surface area contributed by atoms with Gasteiger partial charge in [0.05, 0.1) is 10.6 Å². The second-order valence-electron chi connectivity index (χ2n) is 4.99. The first-order valence-electron chi connectivity index (χ1n) is 6.70. The van der Waals surface area contributed by atoms with E-state index in [1.165, 1.54) is 6.07 Å². The Morgan fingerprint density at radius 1 is 1.09 bits per heavy atom. The molecule has 0 aliphatic rings. The maximum Gasteiger partial charge on any atom is 0.326 e. The van der Waals surface area contributed by atoms with Gasteiger partial charge >= 0.3 is 5.97 Å². The van der Waals surface area contributed by atoms with Crippen LogP contribution in [0.25, 0.3) is 0 Å². The van der Waals surface area contributed by atoms with E-state index in [4.69, 9.17) is 0 Å². The highest BCUT2D eigenvalue weighted by atomic mass is 32.2. The number of nitrogens with one attached hydrogen (secondary N) is 1. The topological polar surface area (TPSA) is 83.5 Å². The molecule has 22 heavy (non-hydrogen) atoms. The van der Waals surface area contributed by atoms with Crippen LogP contribution in [0.1, 0.15) is 5.56 Å². The molecule has 0 spiro atoms. The summed E-state index contributed by atoms with van der Waals surface area (Å²) in [5.74, 6) is -1.04. The molecule has 0 fully saturated rings. The van der Waals surface area contributed by atoms with E-state index in [1.807, 2.05) is 30.3 Å². The highest BCUT2D eigenvalue weighted by molar-refractivity contribution is 7.90. The number of anilines is 1. The molecule has 116 valence electrons. The average molecular weight is 319 g/mol. The summed E-state index contributed by atoms with van der Waals surface area (Å²) in [5.41, 5.74) is 1.16. The first-order valence-corrected chi connectivity index (χ1v) is 8.59. The molecule has 0 radical (unpaired) electrons. The summed E-state index contributed by atoms with van der Waals surface area (Å²) >= 11 is 0. The van der Waals surface area contributed by atoms with E-state index >= 15 is 0 Å². The van der Waals surface area contributed by atoms with Crippen molar-refractivity contribution in [2.24, 2.45) is 0 Å². The van der Waals surface area contributed by atoms with Gasteiger partial charge in [0.1, 0.15) is 6.04 Å². The van der Waals surface area contributed by atoms with Crippen LogP contribution in [0, 0.1) is 0 Å². The molecule has 2 rings (SSSR count). The molecule has 0 saturated heterocycles. The predicted octanol–water partition coefficient (Wildman–Crippen LogP) is 2.20. The van der Waals surface area contributed by atoms with Gasteiger partial charge in [0.2, 0.25) is 0 Å². The number of benzene rings is 2. The van der Waals surface area contributed by atoms with Crippen molar-refractivity contribution in [3.63, 3.8) is 0 Å². The van der Waals surface area contributed by atoms with E-state index in [-0.39, 0.29) is 11.3 Å². The molecule has 2 N–H and O–H groups in total. The zero-order chi connectivity index (χ0) is 16.2. The molecule has 0 saturated carbocycles. The molecule has 0 aliphatic heterocycles. The number of carbonyl (C=O) groups is 1. The summed E-state index contributed by atoms with van der Waals surface area (Å²) in [6.45, 7) is 0. The third-order valence-corrected chi connectivity index (χ3v) is 4.35. The van der Waals surface area contributed by atoms with Crippen molar-refractivity contribution in [2.75, 3.05) is 11.6 Å². The summed E-state index contributed by atoms with van der Waals surface area (Å²) in [6.07, 6.45) is 1.36. The van der Waals surface area contributed by atoms with Gasteiger partial charge in [0.25, 0.3) is 0 Å². The summed E-state index contributed by atoms with van der Waals surface area (Å²) in [5, 5.41) is 12.2. The quantitative estimate of drug-likeness (QED) is 0.853.